The molecule has 0 N–H and O–H groups in total. The summed E-state index contributed by atoms with van der Waals surface area (Å²) in [5.74, 6) is 0.107. The summed E-state index contributed by atoms with van der Waals surface area (Å²) >= 11 is 0. The number of hydrogen-bond acceptors (Lipinski definition) is 7. The Balaban J connectivity index is -0.000000701. The molecule has 0 aliphatic heterocycles. The summed E-state index contributed by atoms with van der Waals surface area (Å²) < 4.78 is 5.10. The zero-order chi connectivity index (χ0) is 23.6. The largest absolute Gasteiger partial charge is 1.00 e. The van der Waals surface area contributed by atoms with Gasteiger partial charge in [0.15, 0.2) is 0 Å². The summed E-state index contributed by atoms with van der Waals surface area (Å²) in [4.78, 5) is 71.2. The Morgan fingerprint density at radius 2 is 1.18 bits per heavy atom. The van der Waals surface area contributed by atoms with Crippen molar-refractivity contribution >= 4 is 15.9 Å². The van der Waals surface area contributed by atoms with E-state index in [-0.39, 0.29) is 131 Å². The quantitative estimate of drug-likeness (QED) is 0.118. The minimum absolute atomic E-state index is 0. The van der Waals surface area contributed by atoms with Gasteiger partial charge in [-0.1, -0.05) is 57.8 Å². The van der Waals surface area contributed by atoms with Crippen molar-refractivity contribution in [3.63, 3.8) is 0 Å². The van der Waals surface area contributed by atoms with Crippen LogP contribution in [0.5, 0.6) is 0 Å². The van der Waals surface area contributed by atoms with Crippen molar-refractivity contribution in [3.8, 4) is 0 Å². The van der Waals surface area contributed by atoms with Gasteiger partial charge < -0.3 is 34.1 Å². The summed E-state index contributed by atoms with van der Waals surface area (Å²) in [7, 11) is -11.8. The third-order valence-corrected chi connectivity index (χ3v) is 8.62. The van der Waals surface area contributed by atoms with Gasteiger partial charge in [0.2, 0.25) is 5.08 Å². The Morgan fingerprint density at radius 1 is 0.735 bits per heavy atom. The Labute approximate surface area is 296 Å². The van der Waals surface area contributed by atoms with Gasteiger partial charge >= 0.3 is 118 Å². The first-order chi connectivity index (χ1) is 13.6. The summed E-state index contributed by atoms with van der Waals surface area (Å²) in [6.07, 6.45) is 7.74. The molecule has 0 aliphatic rings. The van der Waals surface area contributed by atoms with Crippen molar-refractivity contribution < 1.29 is 152 Å². The minimum atomic E-state index is -5.90. The Morgan fingerprint density at radius 3 is 1.59 bits per heavy atom. The molecule has 0 unspecified atom stereocenters. The van der Waals surface area contributed by atoms with E-state index in [1.807, 2.05) is 40.7 Å². The zero-order valence-electron chi connectivity index (χ0n) is 23.0. The third-order valence-electron chi connectivity index (χ3n) is 4.82. The standard InChI is InChI=1S/C21H40O7P2.4Na/c1-17(2)9-7-11-19(5)13-15-21(29(22,23)24,30(25,26)27)28-16-14-20(6)12-8-10-18(3)4;;;;/h9-10,13,20H,7-8,11-12,14-16H2,1-6H3,(H2,22,23,24)(H2,25,26,27);;;;/q;4*+1/p-4/b19-13+;;;;/t20-;;;;/m0..../s1. The first-order valence-corrected chi connectivity index (χ1v) is 13.3. The molecule has 0 rings (SSSR count). The average Bonchev–Trinajstić information content (AvgIpc) is 2.54. The summed E-state index contributed by atoms with van der Waals surface area (Å²) in [6.45, 7) is 11.2. The molecule has 0 aromatic rings. The molecule has 34 heavy (non-hydrogen) atoms. The Kier molecular flexibility index (Phi) is 32.9. The summed E-state index contributed by atoms with van der Waals surface area (Å²) in [5.41, 5.74) is 2.98. The van der Waals surface area contributed by atoms with Gasteiger partial charge in [0, 0.05) is 0 Å². The second-order valence-corrected chi connectivity index (χ2v) is 12.2. The fourth-order valence-electron chi connectivity index (χ4n) is 2.81. The molecule has 1 atom stereocenters. The van der Waals surface area contributed by atoms with E-state index in [0.717, 1.165) is 18.4 Å². The second-order valence-electron chi connectivity index (χ2n) is 8.41. The summed E-state index contributed by atoms with van der Waals surface area (Å²) in [6, 6.07) is 0. The summed E-state index contributed by atoms with van der Waals surface area (Å²) in [5, 5.41) is -3.29. The van der Waals surface area contributed by atoms with Gasteiger partial charge in [0.25, 0.3) is 0 Å². The SMILES string of the molecule is CC(C)=CCC/C(C)=C/CC(OCC[C@@H](C)CCC=C(C)C)([P+]([O-])([O-])[O-])[P+]([O-])([O-])[O-].[Na+].[Na+].[Na+].[Na+]. The predicted octanol–water partition coefficient (Wildman–Crippen LogP) is -10.8. The molecule has 0 aliphatic carbocycles. The van der Waals surface area contributed by atoms with Crippen molar-refractivity contribution in [2.75, 3.05) is 6.61 Å². The van der Waals surface area contributed by atoms with Crippen LogP contribution in [0.25, 0.3) is 0 Å². The smallest absolute Gasteiger partial charge is 0.683 e. The fourth-order valence-corrected chi connectivity index (χ4v) is 5.14. The van der Waals surface area contributed by atoms with Crippen molar-refractivity contribution in [2.24, 2.45) is 5.92 Å². The molecule has 0 saturated carbocycles. The maximum atomic E-state index is 11.9. The van der Waals surface area contributed by atoms with Gasteiger partial charge in [-0.2, -0.15) is 0 Å². The van der Waals surface area contributed by atoms with E-state index < -0.39 is 27.4 Å². The van der Waals surface area contributed by atoms with E-state index >= 15 is 0 Å². The van der Waals surface area contributed by atoms with Crippen molar-refractivity contribution in [1.29, 1.82) is 0 Å². The molecule has 0 fully saturated rings. The van der Waals surface area contributed by atoms with Crippen molar-refractivity contribution in [1.82, 2.24) is 0 Å². The first-order valence-electron chi connectivity index (χ1n) is 10.2. The molecule has 0 aromatic heterocycles. The molecule has 7 nitrogen and oxygen atoms in total. The Hall–Kier alpha value is 3.80. The van der Waals surface area contributed by atoms with Gasteiger partial charge in [-0.3, -0.25) is 0 Å². The van der Waals surface area contributed by atoms with Gasteiger partial charge in [-0.05, 0) is 72.6 Å². The minimum Gasteiger partial charge on any atom is -0.683 e. The van der Waals surface area contributed by atoms with Gasteiger partial charge in [0.05, 0.1) is 13.0 Å². The van der Waals surface area contributed by atoms with Crippen LogP contribution in [0.2, 0.25) is 0 Å². The molecule has 176 valence electrons. The molecule has 0 amide bonds. The average molecular weight is 554 g/mol. The number of ether oxygens (including phenoxy) is 1. The number of rotatable bonds is 14. The third kappa shape index (κ3) is 19.8. The van der Waals surface area contributed by atoms with Gasteiger partial charge in [-0.25, -0.2) is 0 Å². The van der Waals surface area contributed by atoms with Gasteiger partial charge in [0.1, 0.15) is 0 Å². The van der Waals surface area contributed by atoms with Crippen LogP contribution in [0.3, 0.4) is 0 Å². The number of allylic oxidation sites excluding steroid dienone is 5. The maximum Gasteiger partial charge on any atom is 1.00 e. The van der Waals surface area contributed by atoms with Crippen LogP contribution in [0.15, 0.2) is 34.9 Å². The molecular formula is C21H36Na4O7P2. The molecule has 0 spiro atoms. The molecule has 0 bridgehead atoms. The van der Waals surface area contributed by atoms with E-state index in [4.69, 9.17) is 4.74 Å². The Bertz CT molecular complexity index is 597. The number of hydrogen-bond donors (Lipinski definition) is 0. The van der Waals surface area contributed by atoms with Crippen LogP contribution >= 0.6 is 15.9 Å². The monoisotopic (exact) mass is 554 g/mol. The van der Waals surface area contributed by atoms with E-state index in [1.54, 1.807) is 6.92 Å². The normalized spacial score (nSPS) is 12.8. The second kappa shape index (κ2) is 23.5. The molecular weight excluding hydrogens is 518 g/mol. The van der Waals surface area contributed by atoms with E-state index in [0.29, 0.717) is 24.8 Å². The zero-order valence-corrected chi connectivity index (χ0v) is 32.8. The van der Waals surface area contributed by atoms with Crippen LogP contribution in [-0.4, -0.2) is 11.7 Å². The van der Waals surface area contributed by atoms with E-state index in [1.165, 1.54) is 11.6 Å². The molecule has 0 aromatic carbocycles. The van der Waals surface area contributed by atoms with Crippen LogP contribution in [-0.2, 0) is 4.74 Å². The molecule has 0 radical (unpaired) electrons. The van der Waals surface area contributed by atoms with Crippen LogP contribution in [0, 0.1) is 5.92 Å². The topological polar surface area (TPSA) is 148 Å². The van der Waals surface area contributed by atoms with Crippen molar-refractivity contribution in [3.05, 3.63) is 34.9 Å². The van der Waals surface area contributed by atoms with Crippen LogP contribution < -0.4 is 148 Å². The fraction of sp³-hybridized carbons (Fsp3) is 0.714. The van der Waals surface area contributed by atoms with Gasteiger partial charge in [-0.15, -0.1) is 0 Å². The molecule has 13 heteroatoms. The first kappa shape index (κ1) is 47.6. The van der Waals surface area contributed by atoms with E-state index in [9.17, 15) is 29.4 Å². The van der Waals surface area contributed by atoms with Crippen LogP contribution in [0.4, 0.5) is 0 Å². The van der Waals surface area contributed by atoms with Crippen molar-refractivity contribution in [2.45, 2.75) is 85.2 Å². The predicted molar refractivity (Wildman–Crippen MR) is 112 cm³/mol. The maximum absolute atomic E-state index is 11.9. The van der Waals surface area contributed by atoms with Crippen LogP contribution in [0.1, 0.15) is 80.1 Å². The molecule has 0 saturated heterocycles. The molecule has 0 heterocycles. The van der Waals surface area contributed by atoms with E-state index in [2.05, 4.69) is 6.08 Å².